The first-order valence-corrected chi connectivity index (χ1v) is 6.27. The van der Waals surface area contributed by atoms with Gasteiger partial charge in [-0.15, -0.1) is 0 Å². The van der Waals surface area contributed by atoms with Gasteiger partial charge in [0.1, 0.15) is 0 Å². The summed E-state index contributed by atoms with van der Waals surface area (Å²) in [6, 6.07) is 0. The van der Waals surface area contributed by atoms with E-state index in [0.717, 1.165) is 25.9 Å². The number of carbonyl (C=O) groups excluding carboxylic acids is 1. The third-order valence-electron chi connectivity index (χ3n) is 3.09. The van der Waals surface area contributed by atoms with Gasteiger partial charge in [-0.05, 0) is 19.4 Å². The molecule has 1 aliphatic heterocycles. The molecular formula is C12H24N2O3. The quantitative estimate of drug-likeness (QED) is 0.690. The lowest BCUT2D eigenvalue weighted by atomic mass is 9.98. The summed E-state index contributed by atoms with van der Waals surface area (Å²) in [7, 11) is 3.31. The SMILES string of the molecule is COCCN(CCOC)C(=O)C1CCCNC1. The molecule has 0 aromatic rings. The minimum Gasteiger partial charge on any atom is -0.383 e. The van der Waals surface area contributed by atoms with Crippen LogP contribution in [0.3, 0.4) is 0 Å². The van der Waals surface area contributed by atoms with Crippen molar-refractivity contribution < 1.29 is 14.3 Å². The molecule has 0 aliphatic carbocycles. The highest BCUT2D eigenvalue weighted by molar-refractivity contribution is 5.79. The molecule has 1 amide bonds. The van der Waals surface area contributed by atoms with Crippen LogP contribution in [0.2, 0.25) is 0 Å². The van der Waals surface area contributed by atoms with Crippen molar-refractivity contribution in [2.24, 2.45) is 5.92 Å². The molecule has 0 saturated carbocycles. The molecule has 1 heterocycles. The fourth-order valence-electron chi connectivity index (χ4n) is 2.06. The van der Waals surface area contributed by atoms with Gasteiger partial charge < -0.3 is 19.7 Å². The topological polar surface area (TPSA) is 50.8 Å². The van der Waals surface area contributed by atoms with E-state index in [-0.39, 0.29) is 11.8 Å². The molecule has 0 radical (unpaired) electrons. The van der Waals surface area contributed by atoms with Crippen molar-refractivity contribution in [3.8, 4) is 0 Å². The number of amides is 1. The van der Waals surface area contributed by atoms with Gasteiger partial charge in [0.15, 0.2) is 0 Å². The number of nitrogens with zero attached hydrogens (tertiary/aromatic N) is 1. The van der Waals surface area contributed by atoms with Gasteiger partial charge in [0, 0.05) is 33.9 Å². The maximum absolute atomic E-state index is 12.3. The average molecular weight is 244 g/mol. The molecule has 1 fully saturated rings. The molecule has 0 aromatic heterocycles. The van der Waals surface area contributed by atoms with E-state index in [9.17, 15) is 4.79 Å². The number of rotatable bonds is 7. The molecule has 1 aliphatic rings. The second kappa shape index (κ2) is 8.44. The summed E-state index contributed by atoms with van der Waals surface area (Å²) >= 11 is 0. The Balaban J connectivity index is 2.44. The van der Waals surface area contributed by atoms with Crippen LogP contribution in [0.15, 0.2) is 0 Å². The molecule has 1 rings (SSSR count). The summed E-state index contributed by atoms with van der Waals surface area (Å²) in [5, 5.41) is 3.27. The van der Waals surface area contributed by atoms with Crippen molar-refractivity contribution in [2.45, 2.75) is 12.8 Å². The van der Waals surface area contributed by atoms with Crippen LogP contribution >= 0.6 is 0 Å². The smallest absolute Gasteiger partial charge is 0.227 e. The molecule has 1 unspecified atom stereocenters. The van der Waals surface area contributed by atoms with E-state index in [1.165, 1.54) is 0 Å². The zero-order valence-corrected chi connectivity index (χ0v) is 10.9. The molecule has 1 saturated heterocycles. The van der Waals surface area contributed by atoms with Gasteiger partial charge in [0.05, 0.1) is 19.1 Å². The molecule has 5 nitrogen and oxygen atoms in total. The van der Waals surface area contributed by atoms with Crippen molar-refractivity contribution in [3.05, 3.63) is 0 Å². The molecule has 1 atom stereocenters. The van der Waals surface area contributed by atoms with E-state index < -0.39 is 0 Å². The Hall–Kier alpha value is -0.650. The number of hydrogen-bond donors (Lipinski definition) is 1. The van der Waals surface area contributed by atoms with E-state index in [1.807, 2.05) is 4.90 Å². The maximum atomic E-state index is 12.3. The Morgan fingerprint density at radius 1 is 1.29 bits per heavy atom. The molecule has 17 heavy (non-hydrogen) atoms. The zero-order valence-electron chi connectivity index (χ0n) is 10.9. The van der Waals surface area contributed by atoms with Gasteiger partial charge in [-0.3, -0.25) is 4.79 Å². The van der Waals surface area contributed by atoms with Crippen molar-refractivity contribution in [1.29, 1.82) is 0 Å². The number of hydrogen-bond acceptors (Lipinski definition) is 4. The highest BCUT2D eigenvalue weighted by atomic mass is 16.5. The van der Waals surface area contributed by atoms with Crippen LogP contribution in [0.4, 0.5) is 0 Å². The number of nitrogens with one attached hydrogen (secondary N) is 1. The highest BCUT2D eigenvalue weighted by Crippen LogP contribution is 2.13. The summed E-state index contributed by atoms with van der Waals surface area (Å²) in [6.07, 6.45) is 2.07. The fraction of sp³-hybridized carbons (Fsp3) is 0.917. The Labute approximate surface area is 103 Å². The standard InChI is InChI=1S/C12H24N2O3/c1-16-8-6-14(7-9-17-2)12(15)11-4-3-5-13-10-11/h11,13H,3-10H2,1-2H3. The molecule has 0 spiro atoms. The predicted octanol–water partition coefficient (Wildman–Crippen LogP) is 0.107. The minimum atomic E-state index is 0.123. The van der Waals surface area contributed by atoms with Crippen LogP contribution in [0.25, 0.3) is 0 Å². The number of piperidine rings is 1. The fourth-order valence-corrected chi connectivity index (χ4v) is 2.06. The third-order valence-corrected chi connectivity index (χ3v) is 3.09. The van der Waals surface area contributed by atoms with Crippen molar-refractivity contribution in [1.82, 2.24) is 10.2 Å². The van der Waals surface area contributed by atoms with Crippen LogP contribution in [0.1, 0.15) is 12.8 Å². The van der Waals surface area contributed by atoms with Gasteiger partial charge in [-0.25, -0.2) is 0 Å². The predicted molar refractivity (Wildman–Crippen MR) is 65.9 cm³/mol. The van der Waals surface area contributed by atoms with Crippen LogP contribution < -0.4 is 5.32 Å². The van der Waals surface area contributed by atoms with Gasteiger partial charge in [-0.2, -0.15) is 0 Å². The Morgan fingerprint density at radius 3 is 2.41 bits per heavy atom. The molecular weight excluding hydrogens is 220 g/mol. The van der Waals surface area contributed by atoms with E-state index in [2.05, 4.69) is 5.32 Å². The van der Waals surface area contributed by atoms with Crippen molar-refractivity contribution >= 4 is 5.91 Å². The molecule has 1 N–H and O–H groups in total. The van der Waals surface area contributed by atoms with Crippen LogP contribution in [-0.4, -0.2) is 64.4 Å². The lowest BCUT2D eigenvalue weighted by Crippen LogP contribution is -2.45. The van der Waals surface area contributed by atoms with E-state index in [0.29, 0.717) is 26.3 Å². The second-order valence-electron chi connectivity index (χ2n) is 4.35. The summed E-state index contributed by atoms with van der Waals surface area (Å²) < 4.78 is 10.1. The van der Waals surface area contributed by atoms with Crippen LogP contribution in [0.5, 0.6) is 0 Å². The summed E-state index contributed by atoms with van der Waals surface area (Å²) in [6.45, 7) is 4.28. The summed E-state index contributed by atoms with van der Waals surface area (Å²) in [4.78, 5) is 14.1. The zero-order chi connectivity index (χ0) is 12.5. The Morgan fingerprint density at radius 2 is 1.94 bits per heavy atom. The number of methoxy groups -OCH3 is 2. The Kier molecular flexibility index (Phi) is 7.16. The summed E-state index contributed by atoms with van der Waals surface area (Å²) in [5.74, 6) is 0.351. The molecule has 5 heteroatoms. The molecule has 0 aromatic carbocycles. The van der Waals surface area contributed by atoms with E-state index in [1.54, 1.807) is 14.2 Å². The maximum Gasteiger partial charge on any atom is 0.227 e. The third kappa shape index (κ3) is 5.02. The average Bonchev–Trinajstić information content (AvgIpc) is 2.39. The number of carbonyl (C=O) groups is 1. The van der Waals surface area contributed by atoms with Crippen LogP contribution in [-0.2, 0) is 14.3 Å². The number of ether oxygens (including phenoxy) is 2. The van der Waals surface area contributed by atoms with Gasteiger partial charge in [-0.1, -0.05) is 0 Å². The molecule has 0 bridgehead atoms. The highest BCUT2D eigenvalue weighted by Gasteiger charge is 2.25. The lowest BCUT2D eigenvalue weighted by Gasteiger charge is -2.29. The largest absolute Gasteiger partial charge is 0.383 e. The van der Waals surface area contributed by atoms with Crippen molar-refractivity contribution in [2.75, 3.05) is 53.6 Å². The monoisotopic (exact) mass is 244 g/mol. The van der Waals surface area contributed by atoms with E-state index >= 15 is 0 Å². The first kappa shape index (κ1) is 14.4. The first-order chi connectivity index (χ1) is 8.29. The van der Waals surface area contributed by atoms with Crippen LogP contribution in [0, 0.1) is 5.92 Å². The molecule has 100 valence electrons. The lowest BCUT2D eigenvalue weighted by molar-refractivity contribution is -0.137. The van der Waals surface area contributed by atoms with Gasteiger partial charge in [0.2, 0.25) is 5.91 Å². The van der Waals surface area contributed by atoms with Gasteiger partial charge >= 0.3 is 0 Å². The Bertz CT molecular complexity index is 210. The van der Waals surface area contributed by atoms with Gasteiger partial charge in [0.25, 0.3) is 0 Å². The summed E-state index contributed by atoms with van der Waals surface area (Å²) in [5.41, 5.74) is 0. The normalized spacial score (nSPS) is 20.2. The van der Waals surface area contributed by atoms with Crippen molar-refractivity contribution in [3.63, 3.8) is 0 Å². The van der Waals surface area contributed by atoms with E-state index in [4.69, 9.17) is 9.47 Å². The minimum absolute atomic E-state index is 0.123. The second-order valence-corrected chi connectivity index (χ2v) is 4.35. The first-order valence-electron chi connectivity index (χ1n) is 6.27.